The number of hydrogen-bond donors (Lipinski definition) is 1. The lowest BCUT2D eigenvalue weighted by molar-refractivity contribution is 0.359. The number of hydrogen-bond acceptors (Lipinski definition) is 4. The van der Waals surface area contributed by atoms with Crippen LogP contribution in [0, 0.1) is 12.8 Å². The lowest BCUT2D eigenvalue weighted by atomic mass is 10.0. The second-order valence-corrected chi connectivity index (χ2v) is 4.55. The van der Waals surface area contributed by atoms with E-state index in [9.17, 15) is 0 Å². The fourth-order valence-corrected chi connectivity index (χ4v) is 1.82. The summed E-state index contributed by atoms with van der Waals surface area (Å²) in [5.41, 5.74) is 0. The molecule has 1 heterocycles. The third kappa shape index (κ3) is 4.31. The molecule has 4 nitrogen and oxygen atoms in total. The summed E-state index contributed by atoms with van der Waals surface area (Å²) >= 11 is 0. The molecule has 16 heavy (non-hydrogen) atoms. The number of nitrogens with zero attached hydrogens (tertiary/aromatic N) is 2. The van der Waals surface area contributed by atoms with E-state index >= 15 is 0 Å². The van der Waals surface area contributed by atoms with Crippen molar-refractivity contribution in [1.29, 1.82) is 0 Å². The van der Waals surface area contributed by atoms with Crippen molar-refractivity contribution in [3.8, 4) is 0 Å². The number of nitrogens with one attached hydrogen (secondary N) is 1. The molecule has 0 saturated heterocycles. The first kappa shape index (κ1) is 13.2. The van der Waals surface area contributed by atoms with Crippen molar-refractivity contribution < 1.29 is 4.52 Å². The van der Waals surface area contributed by atoms with Crippen molar-refractivity contribution in [3.05, 3.63) is 11.7 Å². The first-order valence-corrected chi connectivity index (χ1v) is 6.16. The van der Waals surface area contributed by atoms with Gasteiger partial charge in [-0.25, -0.2) is 0 Å². The highest BCUT2D eigenvalue weighted by atomic mass is 16.5. The molecule has 0 saturated carbocycles. The van der Waals surface area contributed by atoms with Gasteiger partial charge in [0.05, 0.1) is 0 Å². The minimum Gasteiger partial charge on any atom is -0.339 e. The summed E-state index contributed by atoms with van der Waals surface area (Å²) in [7, 11) is 0. The highest BCUT2D eigenvalue weighted by Crippen LogP contribution is 2.05. The zero-order chi connectivity index (χ0) is 12.0. The van der Waals surface area contributed by atoms with Gasteiger partial charge in [0.25, 0.3) is 0 Å². The molecule has 0 bridgehead atoms. The standard InChI is InChI=1S/C12H23N3O/c1-5-11(9(2)3)13-8-6-7-12-14-10(4)15-16-12/h9,11,13H,5-8H2,1-4H3. The van der Waals surface area contributed by atoms with E-state index in [1.54, 1.807) is 0 Å². The van der Waals surface area contributed by atoms with Crippen LogP contribution in [-0.2, 0) is 6.42 Å². The molecule has 1 unspecified atom stereocenters. The first-order chi connectivity index (χ1) is 7.63. The predicted octanol–water partition coefficient (Wildman–Crippen LogP) is 2.33. The maximum Gasteiger partial charge on any atom is 0.226 e. The van der Waals surface area contributed by atoms with E-state index in [1.165, 1.54) is 6.42 Å². The second-order valence-electron chi connectivity index (χ2n) is 4.55. The van der Waals surface area contributed by atoms with Crippen LogP contribution in [0.4, 0.5) is 0 Å². The van der Waals surface area contributed by atoms with E-state index < -0.39 is 0 Å². The Kier molecular flexibility index (Phi) is 5.46. The molecule has 1 N–H and O–H groups in total. The second kappa shape index (κ2) is 6.63. The Balaban J connectivity index is 2.16. The number of rotatable bonds is 7. The van der Waals surface area contributed by atoms with E-state index in [0.29, 0.717) is 12.0 Å². The highest BCUT2D eigenvalue weighted by molar-refractivity contribution is 4.82. The Hall–Kier alpha value is -0.900. The van der Waals surface area contributed by atoms with Gasteiger partial charge in [-0.1, -0.05) is 25.9 Å². The van der Waals surface area contributed by atoms with Gasteiger partial charge < -0.3 is 9.84 Å². The van der Waals surface area contributed by atoms with E-state index in [-0.39, 0.29) is 0 Å². The van der Waals surface area contributed by atoms with E-state index in [1.807, 2.05) is 6.92 Å². The summed E-state index contributed by atoms with van der Waals surface area (Å²) in [6.45, 7) is 9.58. The van der Waals surface area contributed by atoms with E-state index in [4.69, 9.17) is 4.52 Å². The van der Waals surface area contributed by atoms with Crippen LogP contribution in [0.5, 0.6) is 0 Å². The topological polar surface area (TPSA) is 51.0 Å². The summed E-state index contributed by atoms with van der Waals surface area (Å²) in [5.74, 6) is 2.16. The van der Waals surface area contributed by atoms with Crippen molar-refractivity contribution in [2.45, 2.75) is 53.0 Å². The molecule has 1 aromatic heterocycles. The maximum atomic E-state index is 5.06. The van der Waals surface area contributed by atoms with Crippen LogP contribution in [0.2, 0.25) is 0 Å². The number of aromatic nitrogens is 2. The fourth-order valence-electron chi connectivity index (χ4n) is 1.82. The third-order valence-electron chi connectivity index (χ3n) is 2.79. The van der Waals surface area contributed by atoms with Gasteiger partial charge in [-0.2, -0.15) is 4.98 Å². The Morgan fingerprint density at radius 3 is 2.62 bits per heavy atom. The van der Waals surface area contributed by atoms with Crippen molar-refractivity contribution in [2.24, 2.45) is 5.92 Å². The fraction of sp³-hybridized carbons (Fsp3) is 0.833. The van der Waals surface area contributed by atoms with Crippen molar-refractivity contribution in [3.63, 3.8) is 0 Å². The Bertz CT molecular complexity index is 296. The summed E-state index contributed by atoms with van der Waals surface area (Å²) in [5, 5.41) is 7.32. The lowest BCUT2D eigenvalue weighted by Gasteiger charge is -2.20. The Morgan fingerprint density at radius 1 is 1.38 bits per heavy atom. The van der Waals surface area contributed by atoms with Gasteiger partial charge >= 0.3 is 0 Å². The van der Waals surface area contributed by atoms with Crippen molar-refractivity contribution in [1.82, 2.24) is 15.5 Å². The molecular formula is C12H23N3O. The van der Waals surface area contributed by atoms with Crippen LogP contribution in [0.15, 0.2) is 4.52 Å². The van der Waals surface area contributed by atoms with E-state index in [0.717, 1.165) is 31.1 Å². The molecule has 1 rings (SSSR count). The molecule has 1 aromatic rings. The average Bonchev–Trinajstić information content (AvgIpc) is 2.64. The maximum absolute atomic E-state index is 5.06. The quantitative estimate of drug-likeness (QED) is 0.724. The minimum absolute atomic E-state index is 0.615. The predicted molar refractivity (Wildman–Crippen MR) is 64.3 cm³/mol. The molecule has 92 valence electrons. The lowest BCUT2D eigenvalue weighted by Crippen LogP contribution is -2.34. The molecular weight excluding hydrogens is 202 g/mol. The van der Waals surface area contributed by atoms with Crippen LogP contribution in [-0.4, -0.2) is 22.7 Å². The zero-order valence-corrected chi connectivity index (χ0v) is 10.8. The van der Waals surface area contributed by atoms with Crippen molar-refractivity contribution in [2.75, 3.05) is 6.54 Å². The molecule has 4 heteroatoms. The van der Waals surface area contributed by atoms with Crippen LogP contribution in [0.1, 0.15) is 45.3 Å². The van der Waals surface area contributed by atoms with Crippen LogP contribution >= 0.6 is 0 Å². The van der Waals surface area contributed by atoms with Gasteiger partial charge in [-0.05, 0) is 32.2 Å². The largest absolute Gasteiger partial charge is 0.339 e. The molecule has 1 atom stereocenters. The molecule has 0 fully saturated rings. The Labute approximate surface area is 97.8 Å². The summed E-state index contributed by atoms with van der Waals surface area (Å²) in [6, 6.07) is 0.615. The normalized spacial score (nSPS) is 13.3. The van der Waals surface area contributed by atoms with Gasteiger partial charge in [-0.15, -0.1) is 0 Å². The highest BCUT2D eigenvalue weighted by Gasteiger charge is 2.09. The van der Waals surface area contributed by atoms with Crippen LogP contribution in [0.25, 0.3) is 0 Å². The average molecular weight is 225 g/mol. The minimum atomic E-state index is 0.615. The first-order valence-electron chi connectivity index (χ1n) is 6.16. The van der Waals surface area contributed by atoms with Crippen LogP contribution in [0.3, 0.4) is 0 Å². The zero-order valence-electron chi connectivity index (χ0n) is 10.8. The van der Waals surface area contributed by atoms with Gasteiger partial charge in [-0.3, -0.25) is 0 Å². The molecule has 0 spiro atoms. The molecule has 0 aliphatic rings. The molecule has 0 aliphatic heterocycles. The Morgan fingerprint density at radius 2 is 2.12 bits per heavy atom. The summed E-state index contributed by atoms with van der Waals surface area (Å²) < 4.78 is 5.06. The van der Waals surface area contributed by atoms with Crippen molar-refractivity contribution >= 4 is 0 Å². The van der Waals surface area contributed by atoms with Gasteiger partial charge in [0, 0.05) is 12.5 Å². The van der Waals surface area contributed by atoms with E-state index in [2.05, 4.69) is 36.2 Å². The molecule has 0 aliphatic carbocycles. The molecule has 0 radical (unpaired) electrons. The third-order valence-corrected chi connectivity index (χ3v) is 2.79. The molecule has 0 aromatic carbocycles. The van der Waals surface area contributed by atoms with Gasteiger partial charge in [0.2, 0.25) is 5.89 Å². The summed E-state index contributed by atoms with van der Waals surface area (Å²) in [6.07, 6.45) is 3.09. The molecule has 0 amide bonds. The van der Waals surface area contributed by atoms with Crippen LogP contribution < -0.4 is 5.32 Å². The smallest absolute Gasteiger partial charge is 0.226 e. The number of aryl methyl sites for hydroxylation is 2. The van der Waals surface area contributed by atoms with Gasteiger partial charge in [0.1, 0.15) is 0 Å². The summed E-state index contributed by atoms with van der Waals surface area (Å²) in [4.78, 5) is 4.18. The SMILES string of the molecule is CCC(NCCCc1nc(C)no1)C(C)C. The monoisotopic (exact) mass is 225 g/mol. The van der Waals surface area contributed by atoms with Gasteiger partial charge in [0.15, 0.2) is 5.82 Å².